The largest absolute Gasteiger partial charge is 0.438 e. The summed E-state index contributed by atoms with van der Waals surface area (Å²) in [4.78, 5) is 10.0. The van der Waals surface area contributed by atoms with Gasteiger partial charge in [-0.05, 0) is 77.2 Å². The molecule has 0 spiro atoms. The Hall–Kier alpha value is -6.00. The van der Waals surface area contributed by atoms with Gasteiger partial charge in [-0.25, -0.2) is 4.98 Å². The molecule has 10 rings (SSSR count). The number of rotatable bonds is 3. The molecule has 9 aromatic rings. The van der Waals surface area contributed by atoms with E-state index in [1.807, 2.05) is 24.3 Å². The molecule has 0 aliphatic heterocycles. The summed E-state index contributed by atoms with van der Waals surface area (Å²) in [7, 11) is 0. The van der Waals surface area contributed by atoms with E-state index in [9.17, 15) is 0 Å². The lowest BCUT2D eigenvalue weighted by atomic mass is 9.99. The van der Waals surface area contributed by atoms with Crippen LogP contribution >= 0.6 is 0 Å². The van der Waals surface area contributed by atoms with E-state index in [4.69, 9.17) is 25.4 Å². The van der Waals surface area contributed by atoms with E-state index in [0.717, 1.165) is 28.5 Å². The highest BCUT2D eigenvalue weighted by atomic mass is 16.3. The van der Waals surface area contributed by atoms with E-state index in [-0.39, 0.29) is 46.0 Å². The van der Waals surface area contributed by atoms with Crippen molar-refractivity contribution in [2.45, 2.75) is 6.42 Å². The first-order valence-corrected chi connectivity index (χ1v) is 14.6. The minimum Gasteiger partial charge on any atom is -0.438 e. The molecule has 1 aliphatic carbocycles. The van der Waals surface area contributed by atoms with Crippen molar-refractivity contribution in [3.63, 3.8) is 0 Å². The Morgan fingerprint density at radius 1 is 0.622 bits per heavy atom. The SMILES string of the molecule is [2H]c1c([2H])c([2H])c2c(c1[2H])c1c([2H])c([2H])c([2H])c([2H])c1n2-c1ccc(-c2nc(-c3ccc4c(c3)Cc3ccccc3-4)c3c(n2)oc2ccccc23)cc1. The zero-order valence-electron chi connectivity index (χ0n) is 31.6. The monoisotopic (exact) mass is 583 g/mol. The first-order chi connectivity index (χ1) is 25.6. The highest BCUT2D eigenvalue weighted by molar-refractivity contribution is 6.11. The molecule has 0 N–H and O–H groups in total. The summed E-state index contributed by atoms with van der Waals surface area (Å²) in [5.41, 5.74) is 8.96. The minimum atomic E-state index is -0.480. The van der Waals surface area contributed by atoms with Crippen LogP contribution in [0.5, 0.6) is 0 Å². The third kappa shape index (κ3) is 3.60. The number of hydrogen-bond donors (Lipinski definition) is 0. The molecule has 6 aromatic carbocycles. The lowest BCUT2D eigenvalue weighted by Crippen LogP contribution is -1.96. The van der Waals surface area contributed by atoms with Gasteiger partial charge in [-0.3, -0.25) is 0 Å². The van der Waals surface area contributed by atoms with Crippen molar-refractivity contribution in [2.24, 2.45) is 0 Å². The molecule has 1 aliphatic rings. The van der Waals surface area contributed by atoms with E-state index in [0.29, 0.717) is 28.4 Å². The highest BCUT2D eigenvalue weighted by Crippen LogP contribution is 2.41. The molecular weight excluding hydrogens is 550 g/mol. The fourth-order valence-corrected chi connectivity index (χ4v) is 6.69. The number of furan rings is 1. The van der Waals surface area contributed by atoms with Gasteiger partial charge in [0.2, 0.25) is 5.71 Å². The van der Waals surface area contributed by atoms with Gasteiger partial charge in [0.05, 0.1) is 33.1 Å². The van der Waals surface area contributed by atoms with E-state index >= 15 is 0 Å². The van der Waals surface area contributed by atoms with Crippen LogP contribution < -0.4 is 0 Å². The van der Waals surface area contributed by atoms with Crippen LogP contribution in [0.1, 0.15) is 22.1 Å². The van der Waals surface area contributed by atoms with Crippen LogP contribution in [0.15, 0.2) is 144 Å². The predicted octanol–water partition coefficient (Wildman–Crippen LogP) is 10.4. The van der Waals surface area contributed by atoms with Crippen molar-refractivity contribution in [3.8, 4) is 39.5 Å². The highest BCUT2D eigenvalue weighted by Gasteiger charge is 2.22. The Morgan fingerprint density at radius 2 is 1.31 bits per heavy atom. The van der Waals surface area contributed by atoms with Crippen molar-refractivity contribution in [3.05, 3.63) is 150 Å². The first-order valence-electron chi connectivity index (χ1n) is 18.6. The van der Waals surface area contributed by atoms with Crippen molar-refractivity contribution < 1.29 is 15.4 Å². The van der Waals surface area contributed by atoms with Crippen LogP contribution in [0.2, 0.25) is 0 Å². The summed E-state index contributed by atoms with van der Waals surface area (Å²) in [6, 6.07) is 26.4. The Labute approximate surface area is 270 Å². The van der Waals surface area contributed by atoms with Gasteiger partial charge >= 0.3 is 0 Å². The molecule has 0 radical (unpaired) electrons. The molecule has 4 heteroatoms. The van der Waals surface area contributed by atoms with Crippen LogP contribution in [-0.2, 0) is 6.42 Å². The zero-order valence-corrected chi connectivity index (χ0v) is 23.6. The minimum absolute atomic E-state index is 0.0304. The lowest BCUT2D eigenvalue weighted by Gasteiger charge is -2.11. The van der Waals surface area contributed by atoms with E-state index in [2.05, 4.69) is 42.5 Å². The third-order valence-electron chi connectivity index (χ3n) is 8.72. The normalized spacial score (nSPS) is 14.8. The molecule has 0 amide bonds. The number of nitrogens with zero attached hydrogens (tertiary/aromatic N) is 3. The van der Waals surface area contributed by atoms with E-state index in [1.165, 1.54) is 26.8 Å². The summed E-state index contributed by atoms with van der Waals surface area (Å²) in [6.07, 6.45) is 0.829. The van der Waals surface area contributed by atoms with Gasteiger partial charge in [0, 0.05) is 33.0 Å². The standard InChI is InChI=1S/C41H25N3O/c1-2-10-30-26(9-1)23-28-24-27(19-22-31(28)30)39-38-34-13-5-8-16-37(34)45-41(38)43-40(42-39)25-17-20-29(21-18-25)44-35-14-6-3-11-32(35)33-12-4-7-15-36(33)44/h1-22,24H,23H2/i3D,4D,6D,7D,11D,12D,14D,15D. The molecule has 3 aromatic heterocycles. The Balaban J connectivity index is 1.17. The summed E-state index contributed by atoms with van der Waals surface area (Å²) in [5, 5.41) is 1.78. The second-order valence-electron chi connectivity index (χ2n) is 11.2. The average Bonchev–Trinajstić information content (AvgIpc) is 3.87. The van der Waals surface area contributed by atoms with Crippen LogP contribution in [0, 0.1) is 0 Å². The number of para-hydroxylation sites is 3. The fourth-order valence-electron chi connectivity index (χ4n) is 6.69. The third-order valence-corrected chi connectivity index (χ3v) is 8.72. The fraction of sp³-hybridized carbons (Fsp3) is 0.0244. The maximum atomic E-state index is 8.83. The van der Waals surface area contributed by atoms with Gasteiger partial charge in [0.25, 0.3) is 0 Å². The topological polar surface area (TPSA) is 43.9 Å². The van der Waals surface area contributed by atoms with Crippen LogP contribution in [0.4, 0.5) is 0 Å². The molecule has 3 heterocycles. The van der Waals surface area contributed by atoms with E-state index in [1.54, 1.807) is 24.3 Å². The van der Waals surface area contributed by atoms with Crippen LogP contribution in [0.3, 0.4) is 0 Å². The van der Waals surface area contributed by atoms with Gasteiger partial charge in [-0.15, -0.1) is 0 Å². The quantitative estimate of drug-likeness (QED) is 0.208. The zero-order chi connectivity index (χ0) is 36.4. The second-order valence-corrected chi connectivity index (χ2v) is 11.2. The Morgan fingerprint density at radius 3 is 2.13 bits per heavy atom. The predicted molar refractivity (Wildman–Crippen MR) is 183 cm³/mol. The van der Waals surface area contributed by atoms with Gasteiger partial charge in [-0.1, -0.05) is 90.9 Å². The molecule has 210 valence electrons. The smallest absolute Gasteiger partial charge is 0.231 e. The number of benzene rings is 6. The van der Waals surface area contributed by atoms with Crippen molar-refractivity contribution in [2.75, 3.05) is 0 Å². The molecule has 0 saturated carbocycles. The molecule has 0 saturated heterocycles. The lowest BCUT2D eigenvalue weighted by molar-refractivity contribution is 0.653. The summed E-state index contributed by atoms with van der Waals surface area (Å²) in [5.74, 6) is 0.410. The molecule has 4 nitrogen and oxygen atoms in total. The Bertz CT molecular complexity index is 3000. The molecule has 0 unspecified atom stereocenters. The van der Waals surface area contributed by atoms with Gasteiger partial charge < -0.3 is 8.98 Å². The van der Waals surface area contributed by atoms with Gasteiger partial charge in [0.15, 0.2) is 5.82 Å². The van der Waals surface area contributed by atoms with Crippen LogP contribution in [0.25, 0.3) is 83.3 Å². The number of aromatic nitrogens is 3. The van der Waals surface area contributed by atoms with Crippen LogP contribution in [-0.4, -0.2) is 14.5 Å². The summed E-state index contributed by atoms with van der Waals surface area (Å²) >= 11 is 0. The second kappa shape index (κ2) is 9.25. The molecule has 45 heavy (non-hydrogen) atoms. The van der Waals surface area contributed by atoms with Gasteiger partial charge in [0.1, 0.15) is 5.58 Å². The maximum Gasteiger partial charge on any atom is 0.231 e. The molecule has 0 bridgehead atoms. The summed E-state index contributed by atoms with van der Waals surface area (Å²) < 4.78 is 76.3. The first kappa shape index (κ1) is 18.0. The Kier molecular flexibility index (Phi) is 3.69. The molecular formula is C41H25N3O. The number of fused-ring (bicyclic) bond motifs is 9. The molecule has 0 atom stereocenters. The molecule has 0 fully saturated rings. The van der Waals surface area contributed by atoms with Gasteiger partial charge in [-0.2, -0.15) is 4.98 Å². The van der Waals surface area contributed by atoms with E-state index < -0.39 is 24.2 Å². The summed E-state index contributed by atoms with van der Waals surface area (Å²) in [6.45, 7) is 0. The van der Waals surface area contributed by atoms with Crippen molar-refractivity contribution >= 4 is 43.9 Å². The van der Waals surface area contributed by atoms with Crippen molar-refractivity contribution in [1.82, 2.24) is 14.5 Å². The maximum absolute atomic E-state index is 8.83. The number of hydrogen-bond acceptors (Lipinski definition) is 3. The van der Waals surface area contributed by atoms with Crippen molar-refractivity contribution in [1.29, 1.82) is 0 Å². The average molecular weight is 584 g/mol.